The van der Waals surface area contributed by atoms with Crippen molar-refractivity contribution >= 4 is 17.5 Å². The molecule has 132 valence electrons. The van der Waals surface area contributed by atoms with Gasteiger partial charge in [0.2, 0.25) is 5.91 Å². The summed E-state index contributed by atoms with van der Waals surface area (Å²) in [6.07, 6.45) is 1.02. The minimum atomic E-state index is -0.252. The molecule has 24 heavy (non-hydrogen) atoms. The first kappa shape index (κ1) is 18.1. The molecular weight excluding hydrogens is 310 g/mol. The number of hydrogen-bond donors (Lipinski definition) is 3. The quantitative estimate of drug-likeness (QED) is 0.757. The van der Waals surface area contributed by atoms with Crippen molar-refractivity contribution in [2.24, 2.45) is 5.92 Å². The van der Waals surface area contributed by atoms with Crippen molar-refractivity contribution in [2.45, 2.75) is 26.3 Å². The molecule has 0 radical (unpaired) electrons. The smallest absolute Gasteiger partial charge is 0.251 e. The van der Waals surface area contributed by atoms with Gasteiger partial charge in [-0.3, -0.25) is 9.59 Å². The lowest BCUT2D eigenvalue weighted by atomic mass is 9.94. The Bertz CT molecular complexity index is 618. The van der Waals surface area contributed by atoms with Crippen LogP contribution in [0.25, 0.3) is 0 Å². The number of hydrogen-bond acceptors (Lipinski definition) is 5. The number of piperidine rings is 1. The van der Waals surface area contributed by atoms with Crippen LogP contribution in [0.1, 0.15) is 30.6 Å². The highest BCUT2D eigenvalue weighted by molar-refractivity contribution is 5.99. The predicted molar refractivity (Wildman–Crippen MR) is 91.8 cm³/mol. The average Bonchev–Trinajstić information content (AvgIpc) is 2.55. The number of ether oxygens (including phenoxy) is 2. The van der Waals surface area contributed by atoms with E-state index in [9.17, 15) is 9.59 Å². The molecule has 7 nitrogen and oxygen atoms in total. The fourth-order valence-corrected chi connectivity index (χ4v) is 2.81. The molecule has 1 saturated heterocycles. The van der Waals surface area contributed by atoms with Crippen molar-refractivity contribution < 1.29 is 19.1 Å². The predicted octanol–water partition coefficient (Wildman–Crippen LogP) is 1.39. The number of nitrogens with one attached hydrogen (secondary N) is 3. The van der Waals surface area contributed by atoms with Gasteiger partial charge in [-0.1, -0.05) is 6.92 Å². The van der Waals surface area contributed by atoms with Crippen LogP contribution in [0.2, 0.25) is 0 Å². The van der Waals surface area contributed by atoms with E-state index in [4.69, 9.17) is 9.47 Å². The van der Waals surface area contributed by atoms with Crippen LogP contribution in [-0.4, -0.2) is 45.2 Å². The highest BCUT2D eigenvalue weighted by Crippen LogP contribution is 2.36. The number of methoxy groups -OCH3 is 2. The van der Waals surface area contributed by atoms with Crippen LogP contribution < -0.4 is 25.4 Å². The third-order valence-electron chi connectivity index (χ3n) is 4.20. The Kier molecular flexibility index (Phi) is 6.03. The van der Waals surface area contributed by atoms with Crippen molar-refractivity contribution in [3.63, 3.8) is 0 Å². The van der Waals surface area contributed by atoms with Crippen LogP contribution in [0.5, 0.6) is 11.5 Å². The van der Waals surface area contributed by atoms with Crippen LogP contribution in [-0.2, 0) is 4.79 Å². The molecule has 2 atom stereocenters. The van der Waals surface area contributed by atoms with Gasteiger partial charge in [0, 0.05) is 25.1 Å². The molecular formula is C17H25N3O4. The first-order valence-electron chi connectivity index (χ1n) is 8.01. The molecule has 1 fully saturated rings. The van der Waals surface area contributed by atoms with Crippen molar-refractivity contribution in [2.75, 3.05) is 32.6 Å². The first-order chi connectivity index (χ1) is 11.5. The Labute approximate surface area is 142 Å². The van der Waals surface area contributed by atoms with E-state index in [1.54, 1.807) is 12.1 Å². The maximum atomic E-state index is 12.6. The van der Waals surface area contributed by atoms with Gasteiger partial charge < -0.3 is 25.4 Å². The van der Waals surface area contributed by atoms with Crippen molar-refractivity contribution in [3.8, 4) is 11.5 Å². The number of rotatable bonds is 5. The Morgan fingerprint density at radius 3 is 2.58 bits per heavy atom. The summed E-state index contributed by atoms with van der Waals surface area (Å²) < 4.78 is 10.6. The summed E-state index contributed by atoms with van der Waals surface area (Å²) in [6.45, 7) is 5.24. The molecule has 3 N–H and O–H groups in total. The van der Waals surface area contributed by atoms with Crippen LogP contribution in [0.4, 0.5) is 5.69 Å². The highest BCUT2D eigenvalue weighted by atomic mass is 16.5. The normalized spacial score (nSPS) is 20.2. The van der Waals surface area contributed by atoms with E-state index in [1.165, 1.54) is 21.1 Å². The van der Waals surface area contributed by atoms with Crippen LogP contribution in [0, 0.1) is 5.92 Å². The van der Waals surface area contributed by atoms with Crippen molar-refractivity contribution in [1.29, 1.82) is 0 Å². The zero-order valence-electron chi connectivity index (χ0n) is 14.6. The van der Waals surface area contributed by atoms with Gasteiger partial charge in [-0.25, -0.2) is 0 Å². The lowest BCUT2D eigenvalue weighted by Crippen LogP contribution is -2.50. The molecule has 0 saturated carbocycles. The largest absolute Gasteiger partial charge is 0.493 e. The Morgan fingerprint density at radius 1 is 1.25 bits per heavy atom. The molecule has 1 aromatic rings. The number of anilines is 1. The fourth-order valence-electron chi connectivity index (χ4n) is 2.81. The summed E-state index contributed by atoms with van der Waals surface area (Å²) in [5, 5.41) is 9.00. The molecule has 1 aliphatic rings. The third kappa shape index (κ3) is 4.17. The summed E-state index contributed by atoms with van der Waals surface area (Å²) in [5.41, 5.74) is 0.818. The topological polar surface area (TPSA) is 88.7 Å². The first-order valence-corrected chi connectivity index (χ1v) is 8.01. The van der Waals surface area contributed by atoms with Gasteiger partial charge in [-0.15, -0.1) is 0 Å². The molecule has 1 heterocycles. The number of amides is 2. The molecule has 0 bridgehead atoms. The molecule has 2 rings (SSSR count). The van der Waals surface area contributed by atoms with Gasteiger partial charge in [0.15, 0.2) is 11.5 Å². The molecule has 2 amide bonds. The van der Waals surface area contributed by atoms with Crippen LogP contribution in [0.15, 0.2) is 12.1 Å². The van der Waals surface area contributed by atoms with Crippen molar-refractivity contribution in [3.05, 3.63) is 17.7 Å². The number of benzene rings is 1. The molecule has 0 aromatic heterocycles. The van der Waals surface area contributed by atoms with Gasteiger partial charge >= 0.3 is 0 Å². The third-order valence-corrected chi connectivity index (χ3v) is 4.20. The van der Waals surface area contributed by atoms with Crippen LogP contribution >= 0.6 is 0 Å². The highest BCUT2D eigenvalue weighted by Gasteiger charge is 2.24. The lowest BCUT2D eigenvalue weighted by molar-refractivity contribution is -0.114. The summed E-state index contributed by atoms with van der Waals surface area (Å²) in [4.78, 5) is 24.0. The zero-order chi connectivity index (χ0) is 17.7. The summed E-state index contributed by atoms with van der Waals surface area (Å²) in [5.74, 6) is 0.729. The minimum absolute atomic E-state index is 0.0727. The monoisotopic (exact) mass is 335 g/mol. The standard InChI is InChI=1S/C17H25N3O4/c1-10-5-6-18-9-14(10)20-17(22)12-7-13(19-11(2)21)16(24-4)15(8-12)23-3/h7-8,10,14,18H,5-6,9H2,1-4H3,(H,19,21)(H,20,22). The van der Waals surface area contributed by atoms with E-state index < -0.39 is 0 Å². The zero-order valence-corrected chi connectivity index (χ0v) is 14.6. The van der Waals surface area contributed by atoms with E-state index in [1.807, 2.05) is 0 Å². The van der Waals surface area contributed by atoms with E-state index >= 15 is 0 Å². The Hall–Kier alpha value is -2.28. The fraction of sp³-hybridized carbons (Fsp3) is 0.529. The van der Waals surface area contributed by atoms with E-state index in [2.05, 4.69) is 22.9 Å². The van der Waals surface area contributed by atoms with Gasteiger partial charge in [-0.05, 0) is 31.0 Å². The van der Waals surface area contributed by atoms with E-state index in [0.29, 0.717) is 28.7 Å². The Balaban J connectivity index is 2.27. The average molecular weight is 335 g/mol. The molecule has 0 aliphatic carbocycles. The second-order valence-electron chi connectivity index (χ2n) is 5.99. The number of carbonyl (C=O) groups is 2. The summed E-state index contributed by atoms with van der Waals surface area (Å²) in [6, 6.07) is 3.28. The molecule has 2 unspecified atom stereocenters. The number of carbonyl (C=O) groups excluding carboxylic acids is 2. The minimum Gasteiger partial charge on any atom is -0.493 e. The molecule has 0 spiro atoms. The van der Waals surface area contributed by atoms with E-state index in [-0.39, 0.29) is 17.9 Å². The molecule has 1 aromatic carbocycles. The van der Waals surface area contributed by atoms with Gasteiger partial charge in [0.05, 0.1) is 19.9 Å². The molecule has 7 heteroatoms. The summed E-state index contributed by atoms with van der Waals surface area (Å²) in [7, 11) is 2.97. The lowest BCUT2D eigenvalue weighted by Gasteiger charge is -2.30. The maximum absolute atomic E-state index is 12.6. The SMILES string of the molecule is COc1cc(C(=O)NC2CNCCC2C)cc(NC(C)=O)c1OC. The second kappa shape index (κ2) is 8.01. The molecule has 1 aliphatic heterocycles. The maximum Gasteiger partial charge on any atom is 0.251 e. The van der Waals surface area contributed by atoms with Crippen LogP contribution in [0.3, 0.4) is 0 Å². The Morgan fingerprint density at radius 2 is 2.00 bits per heavy atom. The van der Waals surface area contributed by atoms with Gasteiger partial charge in [0.1, 0.15) is 0 Å². The van der Waals surface area contributed by atoms with E-state index in [0.717, 1.165) is 19.5 Å². The van der Waals surface area contributed by atoms with Crippen molar-refractivity contribution in [1.82, 2.24) is 10.6 Å². The second-order valence-corrected chi connectivity index (χ2v) is 5.99. The van der Waals surface area contributed by atoms with Gasteiger partial charge in [-0.2, -0.15) is 0 Å². The summed E-state index contributed by atoms with van der Waals surface area (Å²) >= 11 is 0. The van der Waals surface area contributed by atoms with Gasteiger partial charge in [0.25, 0.3) is 5.91 Å².